The summed E-state index contributed by atoms with van der Waals surface area (Å²) in [6.45, 7) is 5.68. The maximum absolute atomic E-state index is 12.4. The topological polar surface area (TPSA) is 83.6 Å². The molecule has 1 saturated heterocycles. The SMILES string of the molecule is Cc1noc(C)c1S(=O)(=O)N1CCC(C(C)O)C1. The minimum Gasteiger partial charge on any atom is -0.393 e. The molecule has 18 heavy (non-hydrogen) atoms. The van der Waals surface area contributed by atoms with E-state index >= 15 is 0 Å². The van der Waals surface area contributed by atoms with Crippen LogP contribution in [0.1, 0.15) is 24.8 Å². The Morgan fingerprint density at radius 3 is 2.61 bits per heavy atom. The molecule has 1 aromatic heterocycles. The zero-order valence-corrected chi connectivity index (χ0v) is 11.6. The van der Waals surface area contributed by atoms with E-state index in [9.17, 15) is 13.5 Å². The van der Waals surface area contributed by atoms with Gasteiger partial charge in [0.25, 0.3) is 0 Å². The van der Waals surface area contributed by atoms with Crippen molar-refractivity contribution >= 4 is 10.0 Å². The molecule has 6 nitrogen and oxygen atoms in total. The van der Waals surface area contributed by atoms with Gasteiger partial charge in [-0.3, -0.25) is 0 Å². The van der Waals surface area contributed by atoms with Crippen LogP contribution in [0, 0.1) is 19.8 Å². The second-order valence-corrected chi connectivity index (χ2v) is 6.68. The molecular weight excluding hydrogens is 256 g/mol. The number of aryl methyl sites for hydroxylation is 2. The van der Waals surface area contributed by atoms with E-state index in [0.717, 1.165) is 0 Å². The highest BCUT2D eigenvalue weighted by Gasteiger charge is 2.37. The molecule has 7 heteroatoms. The van der Waals surface area contributed by atoms with Crippen LogP contribution >= 0.6 is 0 Å². The van der Waals surface area contributed by atoms with Gasteiger partial charge in [0.15, 0.2) is 5.76 Å². The lowest BCUT2D eigenvalue weighted by Crippen LogP contribution is -2.31. The van der Waals surface area contributed by atoms with Gasteiger partial charge in [0.1, 0.15) is 10.6 Å². The van der Waals surface area contributed by atoms with Crippen molar-refractivity contribution in [1.82, 2.24) is 9.46 Å². The minimum atomic E-state index is -3.56. The van der Waals surface area contributed by atoms with Gasteiger partial charge in [-0.25, -0.2) is 8.42 Å². The van der Waals surface area contributed by atoms with E-state index in [0.29, 0.717) is 31.0 Å². The Labute approximate surface area is 107 Å². The maximum atomic E-state index is 12.4. The molecule has 2 heterocycles. The van der Waals surface area contributed by atoms with Crippen LogP contribution < -0.4 is 0 Å². The van der Waals surface area contributed by atoms with Gasteiger partial charge in [-0.2, -0.15) is 4.31 Å². The zero-order valence-electron chi connectivity index (χ0n) is 10.8. The van der Waals surface area contributed by atoms with E-state index in [1.165, 1.54) is 4.31 Å². The van der Waals surface area contributed by atoms with Crippen molar-refractivity contribution in [2.45, 2.75) is 38.2 Å². The van der Waals surface area contributed by atoms with Gasteiger partial charge >= 0.3 is 0 Å². The maximum Gasteiger partial charge on any atom is 0.248 e. The van der Waals surface area contributed by atoms with Crippen LogP contribution in [0.4, 0.5) is 0 Å². The number of sulfonamides is 1. The fraction of sp³-hybridized carbons (Fsp3) is 0.727. The summed E-state index contributed by atoms with van der Waals surface area (Å²) in [4.78, 5) is 0.161. The first-order chi connectivity index (χ1) is 8.34. The highest BCUT2D eigenvalue weighted by Crippen LogP contribution is 2.29. The predicted octanol–water partition coefficient (Wildman–Crippen LogP) is 0.683. The average Bonchev–Trinajstić information content (AvgIpc) is 2.85. The van der Waals surface area contributed by atoms with Crippen molar-refractivity contribution in [1.29, 1.82) is 0 Å². The molecule has 1 N–H and O–H groups in total. The van der Waals surface area contributed by atoms with Gasteiger partial charge in [0.2, 0.25) is 10.0 Å². The van der Waals surface area contributed by atoms with E-state index in [4.69, 9.17) is 4.52 Å². The quantitative estimate of drug-likeness (QED) is 0.876. The molecular formula is C11H18N2O4S. The summed E-state index contributed by atoms with van der Waals surface area (Å²) in [5.74, 6) is 0.313. The number of aromatic nitrogens is 1. The third-order valence-corrected chi connectivity index (χ3v) is 5.55. The first kappa shape index (κ1) is 13.5. The number of rotatable bonds is 3. The van der Waals surface area contributed by atoms with Crippen LogP contribution in [-0.2, 0) is 10.0 Å². The zero-order chi connectivity index (χ0) is 13.5. The van der Waals surface area contributed by atoms with Gasteiger partial charge in [-0.15, -0.1) is 0 Å². The van der Waals surface area contributed by atoms with Crippen molar-refractivity contribution in [3.05, 3.63) is 11.5 Å². The van der Waals surface area contributed by atoms with Gasteiger partial charge in [-0.05, 0) is 33.1 Å². The fourth-order valence-electron chi connectivity index (χ4n) is 2.34. The molecule has 2 atom stereocenters. The van der Waals surface area contributed by atoms with Gasteiger partial charge in [0.05, 0.1) is 6.10 Å². The van der Waals surface area contributed by atoms with Gasteiger partial charge in [-0.1, -0.05) is 5.16 Å². The molecule has 1 aliphatic heterocycles. The lowest BCUT2D eigenvalue weighted by atomic mass is 10.0. The number of hydrogen-bond donors (Lipinski definition) is 1. The van der Waals surface area contributed by atoms with Crippen LogP contribution in [0.3, 0.4) is 0 Å². The van der Waals surface area contributed by atoms with Crippen LogP contribution in [0.5, 0.6) is 0 Å². The second kappa shape index (κ2) is 4.64. The molecule has 0 spiro atoms. The normalized spacial score (nSPS) is 23.4. The smallest absolute Gasteiger partial charge is 0.248 e. The van der Waals surface area contributed by atoms with Crippen molar-refractivity contribution in [2.24, 2.45) is 5.92 Å². The van der Waals surface area contributed by atoms with E-state index in [-0.39, 0.29) is 10.8 Å². The highest BCUT2D eigenvalue weighted by atomic mass is 32.2. The molecule has 2 unspecified atom stereocenters. The summed E-state index contributed by atoms with van der Waals surface area (Å²) in [7, 11) is -3.56. The Balaban J connectivity index is 2.29. The van der Waals surface area contributed by atoms with E-state index in [1.807, 2.05) is 0 Å². The first-order valence-corrected chi connectivity index (χ1v) is 7.39. The summed E-state index contributed by atoms with van der Waals surface area (Å²) in [6, 6.07) is 0. The van der Waals surface area contributed by atoms with E-state index in [1.54, 1.807) is 20.8 Å². The largest absolute Gasteiger partial charge is 0.393 e. The number of aliphatic hydroxyl groups is 1. The van der Waals surface area contributed by atoms with E-state index < -0.39 is 16.1 Å². The molecule has 0 radical (unpaired) electrons. The van der Waals surface area contributed by atoms with Crippen LogP contribution in [-0.4, -0.2) is 42.2 Å². The van der Waals surface area contributed by atoms with Crippen LogP contribution in [0.2, 0.25) is 0 Å². The third kappa shape index (κ3) is 2.17. The van der Waals surface area contributed by atoms with Crippen molar-refractivity contribution in [2.75, 3.05) is 13.1 Å². The molecule has 0 amide bonds. The summed E-state index contributed by atoms with van der Waals surface area (Å²) in [6.07, 6.45) is 0.190. The molecule has 1 fully saturated rings. The summed E-state index contributed by atoms with van der Waals surface area (Å²) in [5.41, 5.74) is 0.382. The van der Waals surface area contributed by atoms with Gasteiger partial charge < -0.3 is 9.63 Å². The van der Waals surface area contributed by atoms with Crippen LogP contribution in [0.15, 0.2) is 9.42 Å². The molecule has 0 saturated carbocycles. The van der Waals surface area contributed by atoms with Crippen molar-refractivity contribution in [3.63, 3.8) is 0 Å². The molecule has 1 aromatic rings. The average molecular weight is 274 g/mol. The van der Waals surface area contributed by atoms with Crippen LogP contribution in [0.25, 0.3) is 0 Å². The molecule has 2 rings (SSSR count). The molecule has 0 aliphatic carbocycles. The number of nitrogens with zero attached hydrogens (tertiary/aromatic N) is 2. The molecule has 1 aliphatic rings. The highest BCUT2D eigenvalue weighted by molar-refractivity contribution is 7.89. The van der Waals surface area contributed by atoms with Gasteiger partial charge in [0, 0.05) is 13.1 Å². The fourth-order valence-corrected chi connectivity index (χ4v) is 4.14. The lowest BCUT2D eigenvalue weighted by molar-refractivity contribution is 0.133. The Bertz CT molecular complexity index is 516. The standard InChI is InChI=1S/C11H18N2O4S/c1-7-11(9(3)17-12-7)18(15,16)13-5-4-10(6-13)8(2)14/h8,10,14H,4-6H2,1-3H3. The first-order valence-electron chi connectivity index (χ1n) is 5.95. The molecule has 0 aromatic carbocycles. The third-order valence-electron chi connectivity index (χ3n) is 3.44. The summed E-state index contributed by atoms with van der Waals surface area (Å²) >= 11 is 0. The van der Waals surface area contributed by atoms with E-state index in [2.05, 4.69) is 5.16 Å². The van der Waals surface area contributed by atoms with Crippen molar-refractivity contribution < 1.29 is 18.0 Å². The predicted molar refractivity (Wildman–Crippen MR) is 64.5 cm³/mol. The minimum absolute atomic E-state index is 0.000229. The number of aliphatic hydroxyl groups excluding tert-OH is 1. The Morgan fingerprint density at radius 1 is 1.50 bits per heavy atom. The summed E-state index contributed by atoms with van der Waals surface area (Å²) in [5, 5.41) is 13.2. The Hall–Kier alpha value is -0.920. The van der Waals surface area contributed by atoms with Crippen molar-refractivity contribution in [3.8, 4) is 0 Å². The lowest BCUT2D eigenvalue weighted by Gasteiger charge is -2.17. The molecule has 0 bridgehead atoms. The molecule has 102 valence electrons. The number of hydrogen-bond acceptors (Lipinski definition) is 5. The summed E-state index contributed by atoms with van der Waals surface area (Å²) < 4.78 is 31.2. The Kier molecular flexibility index (Phi) is 3.48. The second-order valence-electron chi connectivity index (χ2n) is 4.81. The monoisotopic (exact) mass is 274 g/mol. The Morgan fingerprint density at radius 2 is 2.17 bits per heavy atom.